The zero-order chi connectivity index (χ0) is 15.1. The quantitative estimate of drug-likeness (QED) is 0.609. The molecule has 2 aromatic carbocycles. The molecule has 0 bridgehead atoms. The molecule has 2 nitrogen and oxygen atoms in total. The van der Waals surface area contributed by atoms with Crippen LogP contribution in [0.4, 0.5) is 0 Å². The Kier molecular flexibility index (Phi) is 3.05. The monoisotopic (exact) mass is 305 g/mol. The lowest BCUT2D eigenvalue weighted by Crippen LogP contribution is -1.95. The number of benzene rings is 2. The molecular formula is C19H12ClNO. The summed E-state index contributed by atoms with van der Waals surface area (Å²) in [6.45, 7) is 0. The van der Waals surface area contributed by atoms with Gasteiger partial charge in [0.05, 0.1) is 5.52 Å². The smallest absolute Gasteiger partial charge is 0.189 e. The van der Waals surface area contributed by atoms with Crippen molar-refractivity contribution in [2.45, 2.75) is 6.42 Å². The molecule has 1 aliphatic rings. The molecule has 1 aromatic heterocycles. The Hall–Kier alpha value is -2.45. The lowest BCUT2D eigenvalue weighted by atomic mass is 10.1. The van der Waals surface area contributed by atoms with Gasteiger partial charge in [-0.15, -0.1) is 0 Å². The van der Waals surface area contributed by atoms with Gasteiger partial charge in [0, 0.05) is 34.2 Å². The number of pyridine rings is 1. The van der Waals surface area contributed by atoms with Gasteiger partial charge in [0.2, 0.25) is 0 Å². The number of aromatic nitrogens is 1. The van der Waals surface area contributed by atoms with Gasteiger partial charge in [0.15, 0.2) is 5.78 Å². The van der Waals surface area contributed by atoms with Crippen LogP contribution >= 0.6 is 11.6 Å². The van der Waals surface area contributed by atoms with E-state index in [4.69, 9.17) is 11.6 Å². The Balaban J connectivity index is 1.77. The number of halogens is 1. The van der Waals surface area contributed by atoms with Crippen molar-refractivity contribution in [1.82, 2.24) is 4.98 Å². The molecule has 3 aromatic rings. The van der Waals surface area contributed by atoms with E-state index in [0.29, 0.717) is 11.4 Å². The summed E-state index contributed by atoms with van der Waals surface area (Å²) in [5.74, 6) is 0.0729. The van der Waals surface area contributed by atoms with Crippen molar-refractivity contribution >= 4 is 34.4 Å². The largest absolute Gasteiger partial charge is 0.289 e. The second-order valence-corrected chi connectivity index (χ2v) is 5.80. The summed E-state index contributed by atoms with van der Waals surface area (Å²) < 4.78 is 0. The molecule has 106 valence electrons. The van der Waals surface area contributed by atoms with Crippen LogP contribution in [0.3, 0.4) is 0 Å². The number of rotatable bonds is 1. The zero-order valence-corrected chi connectivity index (χ0v) is 12.5. The summed E-state index contributed by atoms with van der Waals surface area (Å²) in [5.41, 5.74) is 4.40. The molecular weight excluding hydrogens is 294 g/mol. The van der Waals surface area contributed by atoms with Crippen LogP contribution in [0.25, 0.3) is 17.0 Å². The van der Waals surface area contributed by atoms with Gasteiger partial charge in [-0.3, -0.25) is 9.78 Å². The highest BCUT2D eigenvalue weighted by Crippen LogP contribution is 2.32. The van der Waals surface area contributed by atoms with Gasteiger partial charge in [0.1, 0.15) is 0 Å². The number of Topliss-reactive ketones (excluding diaryl/α,β-unsaturated/α-hetero) is 1. The molecule has 0 N–H and O–H groups in total. The number of fused-ring (bicyclic) bond motifs is 2. The molecule has 1 heterocycles. The van der Waals surface area contributed by atoms with Gasteiger partial charge in [0.25, 0.3) is 0 Å². The number of nitrogens with zero attached hydrogens (tertiary/aromatic N) is 1. The molecule has 0 radical (unpaired) electrons. The normalized spacial score (nSPS) is 15.5. The molecule has 0 saturated carbocycles. The fraction of sp³-hybridized carbons (Fsp3) is 0.0526. The molecule has 0 unspecified atom stereocenters. The van der Waals surface area contributed by atoms with Crippen molar-refractivity contribution in [3.8, 4) is 0 Å². The highest BCUT2D eigenvalue weighted by Gasteiger charge is 2.26. The van der Waals surface area contributed by atoms with E-state index in [2.05, 4.69) is 4.98 Å². The lowest BCUT2D eigenvalue weighted by Gasteiger charge is -2.00. The third kappa shape index (κ3) is 2.13. The first-order chi connectivity index (χ1) is 10.7. The number of carbonyl (C=O) groups is 1. The minimum Gasteiger partial charge on any atom is -0.289 e. The van der Waals surface area contributed by atoms with Crippen molar-refractivity contribution in [1.29, 1.82) is 0 Å². The van der Waals surface area contributed by atoms with E-state index in [1.807, 2.05) is 54.6 Å². The third-order valence-corrected chi connectivity index (χ3v) is 4.34. The van der Waals surface area contributed by atoms with Crippen LogP contribution in [-0.4, -0.2) is 10.8 Å². The molecule has 0 aliphatic heterocycles. The summed E-state index contributed by atoms with van der Waals surface area (Å²) in [7, 11) is 0. The first-order valence-electron chi connectivity index (χ1n) is 7.10. The topological polar surface area (TPSA) is 30.0 Å². The van der Waals surface area contributed by atoms with Crippen LogP contribution in [0.15, 0.2) is 60.3 Å². The van der Waals surface area contributed by atoms with E-state index < -0.39 is 0 Å². The summed E-state index contributed by atoms with van der Waals surface area (Å²) in [4.78, 5) is 16.8. The van der Waals surface area contributed by atoms with Gasteiger partial charge in [-0.05, 0) is 41.5 Å². The average molecular weight is 306 g/mol. The van der Waals surface area contributed by atoms with Crippen molar-refractivity contribution in [2.24, 2.45) is 0 Å². The predicted molar refractivity (Wildman–Crippen MR) is 89.2 cm³/mol. The first kappa shape index (κ1) is 13.2. The van der Waals surface area contributed by atoms with E-state index >= 15 is 0 Å². The highest BCUT2D eigenvalue weighted by atomic mass is 35.5. The molecule has 1 aliphatic carbocycles. The maximum Gasteiger partial charge on any atom is 0.189 e. The highest BCUT2D eigenvalue weighted by molar-refractivity contribution is 6.33. The molecule has 0 spiro atoms. The number of allylic oxidation sites excluding steroid dienone is 1. The Bertz CT molecular complexity index is 943. The van der Waals surface area contributed by atoms with E-state index in [9.17, 15) is 4.79 Å². The van der Waals surface area contributed by atoms with Crippen LogP contribution in [0.2, 0.25) is 5.02 Å². The zero-order valence-electron chi connectivity index (χ0n) is 11.7. The van der Waals surface area contributed by atoms with Crippen molar-refractivity contribution in [2.75, 3.05) is 0 Å². The maximum atomic E-state index is 12.5. The second-order valence-electron chi connectivity index (χ2n) is 5.40. The summed E-state index contributed by atoms with van der Waals surface area (Å²) >= 11 is 6.19. The maximum absolute atomic E-state index is 12.5. The SMILES string of the molecule is O=C1/C(=C/c2ccc3ncccc3c2)Cc2c(Cl)cccc21. The number of hydrogen-bond donors (Lipinski definition) is 0. The Morgan fingerprint density at radius 1 is 1.09 bits per heavy atom. The fourth-order valence-electron chi connectivity index (χ4n) is 2.90. The Morgan fingerprint density at radius 2 is 2.00 bits per heavy atom. The molecule has 4 rings (SSSR count). The molecule has 0 fully saturated rings. The van der Waals surface area contributed by atoms with Crippen LogP contribution < -0.4 is 0 Å². The molecule has 3 heteroatoms. The summed E-state index contributed by atoms with van der Waals surface area (Å²) in [6.07, 6.45) is 4.32. The van der Waals surface area contributed by atoms with Crippen molar-refractivity contribution in [3.63, 3.8) is 0 Å². The van der Waals surface area contributed by atoms with Crippen LogP contribution in [-0.2, 0) is 6.42 Å². The van der Waals surface area contributed by atoms with Gasteiger partial charge < -0.3 is 0 Å². The van der Waals surface area contributed by atoms with E-state index in [0.717, 1.165) is 33.2 Å². The third-order valence-electron chi connectivity index (χ3n) is 3.99. The molecule has 22 heavy (non-hydrogen) atoms. The summed E-state index contributed by atoms with van der Waals surface area (Å²) in [5, 5.41) is 1.73. The van der Waals surface area contributed by atoms with Crippen molar-refractivity contribution < 1.29 is 4.79 Å². The Morgan fingerprint density at radius 3 is 2.86 bits per heavy atom. The van der Waals surface area contributed by atoms with Crippen LogP contribution in [0.5, 0.6) is 0 Å². The van der Waals surface area contributed by atoms with Gasteiger partial charge in [-0.2, -0.15) is 0 Å². The van der Waals surface area contributed by atoms with E-state index in [-0.39, 0.29) is 5.78 Å². The van der Waals surface area contributed by atoms with Gasteiger partial charge in [-0.1, -0.05) is 35.9 Å². The Labute approximate surface area is 133 Å². The van der Waals surface area contributed by atoms with Crippen molar-refractivity contribution in [3.05, 3.63) is 82.0 Å². The first-order valence-corrected chi connectivity index (χ1v) is 7.47. The number of ketones is 1. The van der Waals surface area contributed by atoms with Crippen LogP contribution in [0, 0.1) is 0 Å². The average Bonchev–Trinajstić information content (AvgIpc) is 2.85. The van der Waals surface area contributed by atoms with E-state index in [1.165, 1.54) is 0 Å². The summed E-state index contributed by atoms with van der Waals surface area (Å²) in [6, 6.07) is 15.4. The number of carbonyl (C=O) groups excluding carboxylic acids is 1. The van der Waals surface area contributed by atoms with E-state index in [1.54, 1.807) is 6.20 Å². The minimum absolute atomic E-state index is 0.0729. The fourth-order valence-corrected chi connectivity index (χ4v) is 3.14. The lowest BCUT2D eigenvalue weighted by molar-refractivity contribution is 0.104. The molecule has 0 atom stereocenters. The van der Waals surface area contributed by atoms with Gasteiger partial charge >= 0.3 is 0 Å². The van der Waals surface area contributed by atoms with Crippen LogP contribution in [0.1, 0.15) is 21.5 Å². The molecule has 0 amide bonds. The van der Waals surface area contributed by atoms with Gasteiger partial charge in [-0.25, -0.2) is 0 Å². The standard InChI is InChI=1S/C19H12ClNO/c20-17-5-1-4-15-16(17)11-14(19(15)22)10-12-6-7-18-13(9-12)3-2-8-21-18/h1-10H,11H2/b14-10+. The molecule has 0 saturated heterocycles. The minimum atomic E-state index is 0.0729. The second kappa shape index (κ2) is 5.08. The predicted octanol–water partition coefficient (Wildman–Crippen LogP) is 4.71. The number of hydrogen-bond acceptors (Lipinski definition) is 2.